The molecular formula is C21H35BN2O4. The van der Waals surface area contributed by atoms with Gasteiger partial charge in [-0.1, -0.05) is 57.9 Å². The molecule has 0 heterocycles. The SMILES string of the molecule is CC(C)(C)c1ccc(CNC2CC([C@@](N)(CCCCB(O)O)C(=O)O)C2)cc1. The fourth-order valence-corrected chi connectivity index (χ4v) is 3.82. The molecule has 0 spiro atoms. The number of aliphatic carboxylic acids is 1. The molecule has 0 radical (unpaired) electrons. The first-order chi connectivity index (χ1) is 13.0. The first-order valence-electron chi connectivity index (χ1n) is 10.2. The zero-order valence-electron chi connectivity index (χ0n) is 17.3. The lowest BCUT2D eigenvalue weighted by Gasteiger charge is -2.45. The largest absolute Gasteiger partial charge is 0.480 e. The number of hydrogen-bond acceptors (Lipinski definition) is 5. The normalized spacial score (nSPS) is 21.6. The number of carbonyl (C=O) groups is 1. The zero-order valence-corrected chi connectivity index (χ0v) is 17.3. The lowest BCUT2D eigenvalue weighted by atomic mass is 9.66. The summed E-state index contributed by atoms with van der Waals surface area (Å²) < 4.78 is 0. The number of nitrogens with two attached hydrogens (primary N) is 1. The smallest absolute Gasteiger partial charge is 0.451 e. The van der Waals surface area contributed by atoms with Crippen LogP contribution in [0.3, 0.4) is 0 Å². The maximum atomic E-state index is 11.7. The van der Waals surface area contributed by atoms with E-state index in [2.05, 4.69) is 50.4 Å². The van der Waals surface area contributed by atoms with E-state index < -0.39 is 18.6 Å². The van der Waals surface area contributed by atoms with Crippen molar-refractivity contribution in [2.45, 2.75) is 82.7 Å². The molecule has 1 aromatic carbocycles. The number of rotatable bonds is 10. The number of carboxylic acids is 1. The van der Waals surface area contributed by atoms with Crippen LogP contribution in [0.4, 0.5) is 0 Å². The molecule has 1 aliphatic rings. The van der Waals surface area contributed by atoms with Crippen molar-refractivity contribution in [2.75, 3.05) is 0 Å². The zero-order chi connectivity index (χ0) is 20.9. The van der Waals surface area contributed by atoms with Crippen LogP contribution in [0.25, 0.3) is 0 Å². The van der Waals surface area contributed by atoms with Crippen LogP contribution in [0.15, 0.2) is 24.3 Å². The summed E-state index contributed by atoms with van der Waals surface area (Å²) in [5.74, 6) is -1.01. The van der Waals surface area contributed by atoms with Crippen LogP contribution in [-0.4, -0.2) is 39.8 Å². The Morgan fingerprint density at radius 1 is 1.18 bits per heavy atom. The van der Waals surface area contributed by atoms with Crippen LogP contribution in [0.5, 0.6) is 0 Å². The predicted octanol–water partition coefficient (Wildman–Crippen LogP) is 2.28. The molecule has 1 atom stereocenters. The minimum atomic E-state index is -1.34. The lowest BCUT2D eigenvalue weighted by molar-refractivity contribution is -0.148. The van der Waals surface area contributed by atoms with Gasteiger partial charge in [0.1, 0.15) is 5.54 Å². The van der Waals surface area contributed by atoms with Gasteiger partial charge in [0.05, 0.1) is 0 Å². The predicted molar refractivity (Wildman–Crippen MR) is 112 cm³/mol. The molecule has 1 aromatic rings. The van der Waals surface area contributed by atoms with Crippen molar-refractivity contribution in [3.05, 3.63) is 35.4 Å². The van der Waals surface area contributed by atoms with Crippen LogP contribution in [0.1, 0.15) is 64.0 Å². The average Bonchev–Trinajstić information content (AvgIpc) is 2.56. The van der Waals surface area contributed by atoms with Crippen LogP contribution >= 0.6 is 0 Å². The molecule has 2 rings (SSSR count). The maximum absolute atomic E-state index is 11.7. The van der Waals surface area contributed by atoms with E-state index in [4.69, 9.17) is 15.8 Å². The van der Waals surface area contributed by atoms with E-state index >= 15 is 0 Å². The molecule has 6 nitrogen and oxygen atoms in total. The Labute approximate surface area is 168 Å². The van der Waals surface area contributed by atoms with Gasteiger partial charge in [0.2, 0.25) is 0 Å². The highest BCUT2D eigenvalue weighted by molar-refractivity contribution is 6.40. The summed E-state index contributed by atoms with van der Waals surface area (Å²) in [6.45, 7) is 7.35. The molecule has 7 heteroatoms. The minimum absolute atomic E-state index is 0.0511. The second kappa shape index (κ2) is 9.40. The summed E-state index contributed by atoms with van der Waals surface area (Å²) in [6.07, 6.45) is 3.26. The number of unbranched alkanes of at least 4 members (excludes halogenated alkanes) is 1. The molecule has 0 amide bonds. The second-order valence-corrected chi connectivity index (χ2v) is 9.26. The molecule has 0 unspecified atom stereocenters. The van der Waals surface area contributed by atoms with Crippen molar-refractivity contribution in [1.29, 1.82) is 0 Å². The van der Waals surface area contributed by atoms with Crippen molar-refractivity contribution in [1.82, 2.24) is 5.32 Å². The fraction of sp³-hybridized carbons (Fsp3) is 0.667. The average molecular weight is 390 g/mol. The summed E-state index contributed by atoms with van der Waals surface area (Å²) >= 11 is 0. The highest BCUT2D eigenvalue weighted by atomic mass is 16.4. The van der Waals surface area contributed by atoms with E-state index in [1.54, 1.807) is 0 Å². The van der Waals surface area contributed by atoms with Gasteiger partial charge in [0.25, 0.3) is 0 Å². The van der Waals surface area contributed by atoms with Gasteiger partial charge in [-0.15, -0.1) is 0 Å². The Morgan fingerprint density at radius 2 is 1.79 bits per heavy atom. The highest BCUT2D eigenvalue weighted by Crippen LogP contribution is 2.38. The Bertz CT molecular complexity index is 639. The molecule has 1 saturated carbocycles. The maximum Gasteiger partial charge on any atom is 0.451 e. The summed E-state index contributed by atoms with van der Waals surface area (Å²) in [5.41, 5.74) is 7.68. The topological polar surface area (TPSA) is 116 Å². The first kappa shape index (κ1) is 22.9. The third-order valence-corrected chi connectivity index (χ3v) is 5.98. The summed E-state index contributed by atoms with van der Waals surface area (Å²) in [6, 6.07) is 8.90. The molecule has 6 N–H and O–H groups in total. The molecule has 0 saturated heterocycles. The minimum Gasteiger partial charge on any atom is -0.480 e. The van der Waals surface area contributed by atoms with Gasteiger partial charge < -0.3 is 26.2 Å². The number of carboxylic acid groups (broad SMARTS) is 1. The second-order valence-electron chi connectivity index (χ2n) is 9.26. The summed E-state index contributed by atoms with van der Waals surface area (Å²) in [7, 11) is -1.34. The molecule has 28 heavy (non-hydrogen) atoms. The van der Waals surface area contributed by atoms with E-state index in [0.717, 1.165) is 19.4 Å². The van der Waals surface area contributed by atoms with Crippen molar-refractivity contribution in [3.8, 4) is 0 Å². The third-order valence-electron chi connectivity index (χ3n) is 5.98. The monoisotopic (exact) mass is 390 g/mol. The van der Waals surface area contributed by atoms with Gasteiger partial charge in [-0.25, -0.2) is 0 Å². The Kier molecular flexibility index (Phi) is 7.68. The van der Waals surface area contributed by atoms with Crippen LogP contribution in [0, 0.1) is 5.92 Å². The van der Waals surface area contributed by atoms with Gasteiger partial charge >= 0.3 is 13.1 Å². The van der Waals surface area contributed by atoms with E-state index in [1.165, 1.54) is 11.1 Å². The molecule has 1 fully saturated rings. The Morgan fingerprint density at radius 3 is 2.29 bits per heavy atom. The van der Waals surface area contributed by atoms with Crippen molar-refractivity contribution < 1.29 is 19.9 Å². The van der Waals surface area contributed by atoms with Gasteiger partial charge in [-0.3, -0.25) is 4.79 Å². The van der Waals surface area contributed by atoms with Crippen LogP contribution in [0.2, 0.25) is 6.32 Å². The van der Waals surface area contributed by atoms with Gasteiger partial charge in [0.15, 0.2) is 0 Å². The van der Waals surface area contributed by atoms with E-state index in [0.29, 0.717) is 19.3 Å². The molecule has 0 bridgehead atoms. The van der Waals surface area contributed by atoms with E-state index in [-0.39, 0.29) is 23.7 Å². The van der Waals surface area contributed by atoms with Gasteiger partial charge in [-0.2, -0.15) is 0 Å². The highest BCUT2D eigenvalue weighted by Gasteiger charge is 2.48. The van der Waals surface area contributed by atoms with Crippen molar-refractivity contribution in [2.24, 2.45) is 11.7 Å². The third kappa shape index (κ3) is 6.04. The quantitative estimate of drug-likeness (QED) is 0.309. The number of hydrogen-bond donors (Lipinski definition) is 5. The van der Waals surface area contributed by atoms with Gasteiger partial charge in [-0.05, 0) is 48.0 Å². The van der Waals surface area contributed by atoms with Gasteiger partial charge in [0, 0.05) is 12.6 Å². The van der Waals surface area contributed by atoms with Crippen LogP contribution < -0.4 is 11.1 Å². The molecule has 1 aliphatic carbocycles. The molecule has 0 aromatic heterocycles. The molecule has 0 aliphatic heterocycles. The Hall–Kier alpha value is -1.41. The number of nitrogens with one attached hydrogen (secondary N) is 1. The lowest BCUT2D eigenvalue weighted by Crippen LogP contribution is -2.61. The van der Waals surface area contributed by atoms with E-state index in [1.807, 2.05) is 0 Å². The fourth-order valence-electron chi connectivity index (χ4n) is 3.82. The van der Waals surface area contributed by atoms with Crippen LogP contribution in [-0.2, 0) is 16.8 Å². The Balaban J connectivity index is 1.79. The standard InChI is InChI=1S/C21H35BN2O4/c1-20(2,3)16-8-6-15(7-9-16)14-24-18-12-17(13-18)21(23,19(25)26)10-4-5-11-22(27)28/h6-9,17-18,24,27-28H,4-5,10-14,23H2,1-3H3,(H,25,26)/t17?,18?,21-/m0/s1. The summed E-state index contributed by atoms with van der Waals surface area (Å²) in [4.78, 5) is 11.7. The van der Waals surface area contributed by atoms with Crippen molar-refractivity contribution >= 4 is 13.1 Å². The molecular weight excluding hydrogens is 355 g/mol. The first-order valence-corrected chi connectivity index (χ1v) is 10.2. The molecule has 156 valence electrons. The van der Waals surface area contributed by atoms with Crippen molar-refractivity contribution in [3.63, 3.8) is 0 Å². The van der Waals surface area contributed by atoms with E-state index in [9.17, 15) is 9.90 Å². The number of benzene rings is 1. The summed E-state index contributed by atoms with van der Waals surface area (Å²) in [5, 5.41) is 30.9.